The van der Waals surface area contributed by atoms with E-state index in [2.05, 4.69) is 0 Å². The predicted molar refractivity (Wildman–Crippen MR) is 96.1 cm³/mol. The fourth-order valence-corrected chi connectivity index (χ4v) is 2.36. The molecule has 0 unspecified atom stereocenters. The van der Waals surface area contributed by atoms with Gasteiger partial charge in [0.2, 0.25) is 0 Å². The molecule has 0 saturated carbocycles. The maximum Gasteiger partial charge on any atom is 0.306 e. The minimum absolute atomic E-state index is 0.198. The zero-order valence-electron chi connectivity index (χ0n) is 15.5. The fourth-order valence-electron chi connectivity index (χ4n) is 2.36. The average Bonchev–Trinajstić information content (AvgIpc) is 3.03. The maximum atomic E-state index is 13.0. The molecule has 140 valence electrons. The van der Waals surface area contributed by atoms with Crippen molar-refractivity contribution in [3.8, 4) is 11.3 Å². The number of ether oxygens (including phenoxy) is 1. The van der Waals surface area contributed by atoms with E-state index in [0.29, 0.717) is 24.3 Å². The molecular formula is C20H24FNO4. The zero-order chi connectivity index (χ0) is 19.3. The molecule has 0 radical (unpaired) electrons. The van der Waals surface area contributed by atoms with Gasteiger partial charge in [-0.25, -0.2) is 4.39 Å². The largest absolute Gasteiger partial charge is 0.460 e. The number of carbonyl (C=O) groups is 2. The number of nitrogens with zero attached hydrogens (tertiary/aromatic N) is 1. The van der Waals surface area contributed by atoms with E-state index < -0.39 is 5.60 Å². The van der Waals surface area contributed by atoms with Gasteiger partial charge in [-0.05, 0) is 63.6 Å². The lowest BCUT2D eigenvalue weighted by molar-refractivity contribution is -0.154. The number of hydrogen-bond donors (Lipinski definition) is 0. The second kappa shape index (κ2) is 8.17. The normalized spacial score (nSPS) is 11.3. The molecule has 0 aliphatic rings. The lowest BCUT2D eigenvalue weighted by Gasteiger charge is -2.20. The van der Waals surface area contributed by atoms with E-state index in [4.69, 9.17) is 9.15 Å². The van der Waals surface area contributed by atoms with Crippen LogP contribution in [0.25, 0.3) is 11.3 Å². The summed E-state index contributed by atoms with van der Waals surface area (Å²) < 4.78 is 23.8. The van der Waals surface area contributed by atoms with Crippen molar-refractivity contribution in [2.75, 3.05) is 13.6 Å². The highest BCUT2D eigenvalue weighted by atomic mass is 19.1. The summed E-state index contributed by atoms with van der Waals surface area (Å²) in [7, 11) is 1.65. The minimum atomic E-state index is -0.510. The molecule has 6 heteroatoms. The van der Waals surface area contributed by atoms with E-state index in [0.717, 1.165) is 0 Å². The summed E-state index contributed by atoms with van der Waals surface area (Å²) >= 11 is 0. The van der Waals surface area contributed by atoms with Crippen LogP contribution in [0.3, 0.4) is 0 Å². The van der Waals surface area contributed by atoms with E-state index in [1.54, 1.807) is 31.3 Å². The van der Waals surface area contributed by atoms with Gasteiger partial charge in [0.25, 0.3) is 5.91 Å². The Morgan fingerprint density at radius 2 is 1.77 bits per heavy atom. The highest BCUT2D eigenvalue weighted by molar-refractivity contribution is 5.92. The number of carbonyl (C=O) groups excluding carboxylic acids is 2. The minimum Gasteiger partial charge on any atom is -0.460 e. The summed E-state index contributed by atoms with van der Waals surface area (Å²) in [6.07, 6.45) is 0.747. The second-order valence-corrected chi connectivity index (χ2v) is 7.09. The van der Waals surface area contributed by atoms with E-state index in [1.165, 1.54) is 17.0 Å². The van der Waals surface area contributed by atoms with Crippen molar-refractivity contribution in [2.45, 2.75) is 39.2 Å². The molecule has 0 atom stereocenters. The summed E-state index contributed by atoms with van der Waals surface area (Å²) in [5.41, 5.74) is 0.182. The summed E-state index contributed by atoms with van der Waals surface area (Å²) in [6.45, 7) is 5.85. The topological polar surface area (TPSA) is 59.8 Å². The van der Waals surface area contributed by atoms with E-state index in [9.17, 15) is 14.0 Å². The summed E-state index contributed by atoms with van der Waals surface area (Å²) in [5.74, 6) is -0.196. The molecule has 2 aromatic rings. The van der Waals surface area contributed by atoms with Crippen molar-refractivity contribution in [1.29, 1.82) is 0 Å². The highest BCUT2D eigenvalue weighted by Crippen LogP contribution is 2.23. The third kappa shape index (κ3) is 5.72. The fraction of sp³-hybridized carbons (Fsp3) is 0.400. The van der Waals surface area contributed by atoms with Gasteiger partial charge in [-0.1, -0.05) is 0 Å². The average molecular weight is 361 g/mol. The molecule has 0 aliphatic heterocycles. The van der Waals surface area contributed by atoms with Crippen LogP contribution in [0.5, 0.6) is 0 Å². The van der Waals surface area contributed by atoms with E-state index in [-0.39, 0.29) is 29.9 Å². The molecular weight excluding hydrogens is 337 g/mol. The van der Waals surface area contributed by atoms with Gasteiger partial charge in [0, 0.05) is 25.6 Å². The Balaban J connectivity index is 1.88. The van der Waals surface area contributed by atoms with Crippen molar-refractivity contribution in [1.82, 2.24) is 4.90 Å². The van der Waals surface area contributed by atoms with Crippen LogP contribution in [0.1, 0.15) is 44.2 Å². The number of furan rings is 1. The lowest BCUT2D eigenvalue weighted by atomic mass is 10.2. The quantitative estimate of drug-likeness (QED) is 0.721. The van der Waals surface area contributed by atoms with Gasteiger partial charge in [-0.15, -0.1) is 0 Å². The van der Waals surface area contributed by atoms with Crippen molar-refractivity contribution >= 4 is 11.9 Å². The first-order valence-electron chi connectivity index (χ1n) is 8.49. The van der Waals surface area contributed by atoms with Crippen LogP contribution in [0.15, 0.2) is 40.8 Å². The van der Waals surface area contributed by atoms with Crippen molar-refractivity contribution in [2.24, 2.45) is 0 Å². The maximum absolute atomic E-state index is 13.0. The smallest absolute Gasteiger partial charge is 0.306 e. The van der Waals surface area contributed by atoms with Crippen LogP contribution < -0.4 is 0 Å². The van der Waals surface area contributed by atoms with Gasteiger partial charge >= 0.3 is 5.97 Å². The lowest BCUT2D eigenvalue weighted by Crippen LogP contribution is -2.28. The van der Waals surface area contributed by atoms with Crippen LogP contribution in [-0.2, 0) is 9.53 Å². The van der Waals surface area contributed by atoms with Gasteiger partial charge in [-0.2, -0.15) is 0 Å². The van der Waals surface area contributed by atoms with E-state index in [1.807, 2.05) is 20.8 Å². The summed E-state index contributed by atoms with van der Waals surface area (Å²) in [5, 5.41) is 0. The first-order valence-corrected chi connectivity index (χ1v) is 8.49. The SMILES string of the molecule is CN(CCCC(=O)OC(C)(C)C)C(=O)c1ccc(-c2ccc(F)cc2)o1. The van der Waals surface area contributed by atoms with E-state index >= 15 is 0 Å². The monoisotopic (exact) mass is 361 g/mol. The molecule has 0 saturated heterocycles. The summed E-state index contributed by atoms with van der Waals surface area (Å²) in [4.78, 5) is 25.6. The Bertz CT molecular complexity index is 759. The number of rotatable bonds is 6. The first kappa shape index (κ1) is 19.7. The molecule has 1 heterocycles. The standard InChI is InChI=1S/C20H24FNO4/c1-20(2,3)26-18(23)6-5-13-22(4)19(24)17-12-11-16(25-17)14-7-9-15(21)10-8-14/h7-12H,5-6,13H2,1-4H3. The number of esters is 1. The number of halogens is 1. The number of benzene rings is 1. The predicted octanol–water partition coefficient (Wildman–Crippen LogP) is 4.28. The van der Waals surface area contributed by atoms with Gasteiger partial charge in [0.15, 0.2) is 5.76 Å². The van der Waals surface area contributed by atoms with Crippen LogP contribution in [0.2, 0.25) is 0 Å². The third-order valence-corrected chi connectivity index (χ3v) is 3.59. The molecule has 0 bridgehead atoms. The Hall–Kier alpha value is -2.63. The number of hydrogen-bond acceptors (Lipinski definition) is 4. The molecule has 2 rings (SSSR count). The number of amides is 1. The molecule has 0 fully saturated rings. The molecule has 5 nitrogen and oxygen atoms in total. The first-order chi connectivity index (χ1) is 12.2. The Morgan fingerprint density at radius 1 is 1.12 bits per heavy atom. The van der Waals surface area contributed by atoms with Gasteiger partial charge in [0.1, 0.15) is 17.2 Å². The van der Waals surface area contributed by atoms with Crippen molar-refractivity contribution in [3.05, 3.63) is 48.0 Å². The van der Waals surface area contributed by atoms with Gasteiger partial charge in [0.05, 0.1) is 0 Å². The molecule has 26 heavy (non-hydrogen) atoms. The zero-order valence-corrected chi connectivity index (χ0v) is 15.5. The molecule has 0 spiro atoms. The van der Waals surface area contributed by atoms with Crippen LogP contribution in [0, 0.1) is 5.82 Å². The Labute approximate surface area is 152 Å². The van der Waals surface area contributed by atoms with Crippen LogP contribution in [-0.4, -0.2) is 36.0 Å². The Morgan fingerprint density at radius 3 is 2.38 bits per heavy atom. The Kier molecular flexibility index (Phi) is 6.18. The van der Waals surface area contributed by atoms with Crippen LogP contribution >= 0.6 is 0 Å². The van der Waals surface area contributed by atoms with Crippen molar-refractivity contribution in [3.63, 3.8) is 0 Å². The van der Waals surface area contributed by atoms with Gasteiger partial charge < -0.3 is 14.1 Å². The van der Waals surface area contributed by atoms with Crippen molar-refractivity contribution < 1.29 is 23.1 Å². The second-order valence-electron chi connectivity index (χ2n) is 7.09. The molecule has 0 N–H and O–H groups in total. The third-order valence-electron chi connectivity index (χ3n) is 3.59. The van der Waals surface area contributed by atoms with Gasteiger partial charge in [-0.3, -0.25) is 9.59 Å². The highest BCUT2D eigenvalue weighted by Gasteiger charge is 2.19. The molecule has 1 amide bonds. The molecule has 1 aromatic carbocycles. The molecule has 1 aromatic heterocycles. The summed E-state index contributed by atoms with van der Waals surface area (Å²) in [6, 6.07) is 9.12. The van der Waals surface area contributed by atoms with Crippen LogP contribution in [0.4, 0.5) is 4.39 Å². The molecule has 0 aliphatic carbocycles.